The van der Waals surface area contributed by atoms with Gasteiger partial charge in [0.15, 0.2) is 0 Å². The second-order valence-corrected chi connectivity index (χ2v) is 6.88. The van der Waals surface area contributed by atoms with Crippen molar-refractivity contribution in [1.29, 1.82) is 0 Å². The molecule has 0 radical (unpaired) electrons. The van der Waals surface area contributed by atoms with Crippen LogP contribution in [-0.2, 0) is 11.3 Å². The van der Waals surface area contributed by atoms with Gasteiger partial charge in [-0.05, 0) is 30.2 Å². The van der Waals surface area contributed by atoms with Gasteiger partial charge in [0.25, 0.3) is 0 Å². The van der Waals surface area contributed by atoms with Crippen molar-refractivity contribution in [2.24, 2.45) is 11.5 Å². The number of amides is 1. The molecule has 0 bridgehead atoms. The summed E-state index contributed by atoms with van der Waals surface area (Å²) in [6.07, 6.45) is 3.88. The maximum absolute atomic E-state index is 12.8. The van der Waals surface area contributed by atoms with Crippen molar-refractivity contribution in [3.63, 3.8) is 0 Å². The zero-order chi connectivity index (χ0) is 18.9. The third kappa shape index (κ3) is 3.22. The molecule has 138 valence electrons. The Balaban J connectivity index is 1.59. The Hall–Kier alpha value is -3.03. The van der Waals surface area contributed by atoms with E-state index >= 15 is 0 Å². The second kappa shape index (κ2) is 6.94. The summed E-state index contributed by atoms with van der Waals surface area (Å²) in [6.45, 7) is 1.52. The zero-order valence-corrected chi connectivity index (χ0v) is 14.9. The number of hydrogen-bond donors (Lipinski definition) is 3. The molecular weight excluding hydrogens is 340 g/mol. The summed E-state index contributed by atoms with van der Waals surface area (Å²) in [6, 6.07) is 13.4. The highest BCUT2D eigenvalue weighted by atomic mass is 16.2. The number of benzene rings is 2. The highest BCUT2D eigenvalue weighted by Gasteiger charge is 2.41. The van der Waals surface area contributed by atoms with Crippen LogP contribution in [0.1, 0.15) is 12.0 Å². The van der Waals surface area contributed by atoms with Gasteiger partial charge in [-0.1, -0.05) is 24.3 Å². The summed E-state index contributed by atoms with van der Waals surface area (Å²) in [5.41, 5.74) is 14.9. The number of fused-ring (bicyclic) bond motifs is 1. The van der Waals surface area contributed by atoms with E-state index in [-0.39, 0.29) is 5.91 Å². The van der Waals surface area contributed by atoms with E-state index in [1.165, 1.54) is 6.33 Å². The maximum Gasteiger partial charge on any atom is 0.246 e. The van der Waals surface area contributed by atoms with Crippen molar-refractivity contribution in [3.8, 4) is 0 Å². The first-order valence-electron chi connectivity index (χ1n) is 8.93. The Kier molecular flexibility index (Phi) is 4.47. The number of para-hydroxylation sites is 1. The van der Waals surface area contributed by atoms with Gasteiger partial charge >= 0.3 is 0 Å². The second-order valence-electron chi connectivity index (χ2n) is 6.88. The fourth-order valence-corrected chi connectivity index (χ4v) is 3.56. The van der Waals surface area contributed by atoms with Crippen LogP contribution in [0.25, 0.3) is 10.9 Å². The maximum atomic E-state index is 12.8. The molecule has 4 rings (SSSR count). The molecule has 0 aliphatic carbocycles. The van der Waals surface area contributed by atoms with Gasteiger partial charge in [0, 0.05) is 42.6 Å². The molecule has 27 heavy (non-hydrogen) atoms. The third-order valence-corrected chi connectivity index (χ3v) is 5.08. The molecule has 1 aliphatic heterocycles. The molecule has 1 unspecified atom stereocenters. The van der Waals surface area contributed by atoms with Crippen LogP contribution in [0, 0.1) is 0 Å². The van der Waals surface area contributed by atoms with E-state index in [4.69, 9.17) is 11.5 Å². The first-order chi connectivity index (χ1) is 13.1. The van der Waals surface area contributed by atoms with Crippen LogP contribution in [0.5, 0.6) is 0 Å². The van der Waals surface area contributed by atoms with Crippen LogP contribution < -0.4 is 21.7 Å². The summed E-state index contributed by atoms with van der Waals surface area (Å²) in [7, 11) is 0. The van der Waals surface area contributed by atoms with Gasteiger partial charge < -0.3 is 21.7 Å². The van der Waals surface area contributed by atoms with E-state index in [1.54, 1.807) is 6.20 Å². The van der Waals surface area contributed by atoms with Crippen molar-refractivity contribution in [2.75, 3.05) is 23.3 Å². The van der Waals surface area contributed by atoms with Crippen molar-refractivity contribution in [3.05, 3.63) is 60.6 Å². The fraction of sp³-hybridized carbons (Fsp3) is 0.250. The molecule has 1 aromatic heterocycles. The normalized spacial score (nSPS) is 19.4. The van der Waals surface area contributed by atoms with Gasteiger partial charge in [0.05, 0.1) is 5.52 Å². The average molecular weight is 362 g/mol. The van der Waals surface area contributed by atoms with Gasteiger partial charge in [0.1, 0.15) is 11.9 Å². The molecule has 1 amide bonds. The first kappa shape index (κ1) is 17.4. The Morgan fingerprint density at radius 2 is 2.04 bits per heavy atom. The predicted molar refractivity (Wildman–Crippen MR) is 106 cm³/mol. The summed E-state index contributed by atoms with van der Waals surface area (Å²) >= 11 is 0. The first-order valence-corrected chi connectivity index (χ1v) is 8.93. The molecule has 0 saturated carbocycles. The van der Waals surface area contributed by atoms with Gasteiger partial charge in [-0.25, -0.2) is 9.97 Å². The molecule has 1 saturated heterocycles. The van der Waals surface area contributed by atoms with Crippen LogP contribution >= 0.6 is 0 Å². The van der Waals surface area contributed by atoms with E-state index in [1.807, 2.05) is 42.5 Å². The number of aromatic nitrogens is 2. The van der Waals surface area contributed by atoms with Crippen LogP contribution in [0.15, 0.2) is 55.0 Å². The minimum absolute atomic E-state index is 0.171. The lowest BCUT2D eigenvalue weighted by Gasteiger charge is -2.25. The highest BCUT2D eigenvalue weighted by Crippen LogP contribution is 2.32. The number of hydrogen-bond acceptors (Lipinski definition) is 6. The Morgan fingerprint density at radius 3 is 2.81 bits per heavy atom. The number of carbonyl (C=O) groups is 1. The number of nitrogens with one attached hydrogen (secondary N) is 1. The summed E-state index contributed by atoms with van der Waals surface area (Å²) in [4.78, 5) is 23.4. The number of nitrogens with two attached hydrogens (primary N) is 2. The lowest BCUT2D eigenvalue weighted by atomic mass is 9.99. The van der Waals surface area contributed by atoms with Crippen molar-refractivity contribution in [1.82, 2.24) is 9.97 Å². The molecular formula is C20H22N6O. The van der Waals surface area contributed by atoms with Crippen molar-refractivity contribution in [2.45, 2.75) is 18.5 Å². The molecule has 1 atom stereocenters. The minimum Gasteiger partial charge on any atom is -0.368 e. The molecule has 0 spiro atoms. The lowest BCUT2D eigenvalue weighted by Crippen LogP contribution is -2.53. The molecule has 1 fully saturated rings. The van der Waals surface area contributed by atoms with E-state index < -0.39 is 5.54 Å². The monoisotopic (exact) mass is 362 g/mol. The standard InChI is InChI=1S/C20H22N6O/c21-10-14-6-7-17(16-11-23-13-24-18(14)16)26-9-8-20(22,12-26)19(27)25-15-4-2-1-3-5-15/h1-7,11,13H,8-10,12,21-22H2,(H,25,27). The molecule has 5 N–H and O–H groups in total. The summed E-state index contributed by atoms with van der Waals surface area (Å²) < 4.78 is 0. The zero-order valence-electron chi connectivity index (χ0n) is 14.9. The van der Waals surface area contributed by atoms with Crippen LogP contribution in [0.4, 0.5) is 11.4 Å². The number of anilines is 2. The molecule has 7 heteroatoms. The van der Waals surface area contributed by atoms with Crippen molar-refractivity contribution < 1.29 is 4.79 Å². The van der Waals surface area contributed by atoms with Gasteiger partial charge in [0.2, 0.25) is 5.91 Å². The topological polar surface area (TPSA) is 110 Å². The van der Waals surface area contributed by atoms with Gasteiger partial charge in [-0.15, -0.1) is 0 Å². The van der Waals surface area contributed by atoms with E-state index in [0.29, 0.717) is 26.1 Å². The highest BCUT2D eigenvalue weighted by molar-refractivity contribution is 6.00. The van der Waals surface area contributed by atoms with Gasteiger partial charge in [-0.3, -0.25) is 4.79 Å². The molecule has 1 aliphatic rings. The quantitative estimate of drug-likeness (QED) is 0.651. The molecule has 3 aromatic rings. The number of nitrogens with zero attached hydrogens (tertiary/aromatic N) is 3. The predicted octanol–water partition coefficient (Wildman–Crippen LogP) is 1.63. The van der Waals surface area contributed by atoms with Crippen LogP contribution in [0.3, 0.4) is 0 Å². The SMILES string of the molecule is NCc1ccc(N2CCC(N)(C(=O)Nc3ccccc3)C2)c2cncnc12. The summed E-state index contributed by atoms with van der Waals surface area (Å²) in [5.74, 6) is -0.171. The Labute approximate surface area is 157 Å². The molecule has 7 nitrogen and oxygen atoms in total. The number of carbonyl (C=O) groups excluding carboxylic acids is 1. The smallest absolute Gasteiger partial charge is 0.246 e. The van der Waals surface area contributed by atoms with Crippen LogP contribution in [-0.4, -0.2) is 34.5 Å². The van der Waals surface area contributed by atoms with Crippen LogP contribution in [0.2, 0.25) is 0 Å². The molecule has 2 heterocycles. The average Bonchev–Trinajstić information content (AvgIpc) is 3.11. The van der Waals surface area contributed by atoms with E-state index in [2.05, 4.69) is 20.2 Å². The third-order valence-electron chi connectivity index (χ3n) is 5.08. The Bertz CT molecular complexity index is 977. The van der Waals surface area contributed by atoms with E-state index in [9.17, 15) is 4.79 Å². The fourth-order valence-electron chi connectivity index (χ4n) is 3.56. The lowest BCUT2D eigenvalue weighted by molar-refractivity contribution is -0.120. The summed E-state index contributed by atoms with van der Waals surface area (Å²) in [5, 5.41) is 3.84. The van der Waals surface area contributed by atoms with Crippen molar-refractivity contribution >= 4 is 28.2 Å². The van der Waals surface area contributed by atoms with Gasteiger partial charge in [-0.2, -0.15) is 0 Å². The largest absolute Gasteiger partial charge is 0.368 e. The van der Waals surface area contributed by atoms with E-state index in [0.717, 1.165) is 27.8 Å². The number of rotatable bonds is 4. The minimum atomic E-state index is -0.954. The molecule has 2 aromatic carbocycles. The Morgan fingerprint density at radius 1 is 1.22 bits per heavy atom.